The number of rotatable bonds is 3. The molecule has 0 aromatic heterocycles. The largest absolute Gasteiger partial charge is 0.497 e. The summed E-state index contributed by atoms with van der Waals surface area (Å²) in [6.45, 7) is 0. The first-order chi connectivity index (χ1) is 13.5. The van der Waals surface area contributed by atoms with E-state index in [0.29, 0.717) is 22.0 Å². The number of amides is 1. The van der Waals surface area contributed by atoms with Gasteiger partial charge in [0.1, 0.15) is 27.9 Å². The van der Waals surface area contributed by atoms with Crippen LogP contribution in [-0.2, 0) is 0 Å². The van der Waals surface area contributed by atoms with E-state index in [1.807, 2.05) is 0 Å². The summed E-state index contributed by atoms with van der Waals surface area (Å²) in [5, 5.41) is 0. The number of nitrogens with zero attached hydrogens (tertiary/aromatic N) is 2. The van der Waals surface area contributed by atoms with Crippen molar-refractivity contribution in [2.75, 3.05) is 7.11 Å². The fraction of sp³-hybridized carbons (Fsp3) is 0.318. The van der Waals surface area contributed by atoms with Crippen molar-refractivity contribution in [2.45, 2.75) is 37.8 Å². The number of carbonyl (C=O) groups excluding carboxylic acids is 1. The van der Waals surface area contributed by atoms with Gasteiger partial charge in [-0.1, -0.05) is 18.6 Å². The Labute approximate surface area is 169 Å². The third-order valence-electron chi connectivity index (χ3n) is 5.45. The van der Waals surface area contributed by atoms with Crippen molar-refractivity contribution in [3.05, 3.63) is 65.5 Å². The van der Waals surface area contributed by atoms with Crippen molar-refractivity contribution in [1.82, 2.24) is 4.90 Å². The van der Waals surface area contributed by atoms with Gasteiger partial charge in [-0.05, 0) is 74.2 Å². The van der Waals surface area contributed by atoms with Crippen molar-refractivity contribution in [2.24, 2.45) is 4.99 Å². The Morgan fingerprint density at radius 2 is 1.71 bits per heavy atom. The van der Waals surface area contributed by atoms with E-state index >= 15 is 0 Å². The highest BCUT2D eigenvalue weighted by Crippen LogP contribution is 2.41. The summed E-state index contributed by atoms with van der Waals surface area (Å²) in [6.07, 6.45) is 4.67. The van der Waals surface area contributed by atoms with E-state index in [1.165, 1.54) is 12.1 Å². The number of benzene rings is 2. The van der Waals surface area contributed by atoms with Crippen LogP contribution in [0.5, 0.6) is 5.75 Å². The number of hydrogen-bond acceptors (Lipinski definition) is 4. The molecule has 4 nitrogen and oxygen atoms in total. The summed E-state index contributed by atoms with van der Waals surface area (Å²) in [6, 6.07) is 13.1. The van der Waals surface area contributed by atoms with Gasteiger partial charge in [0, 0.05) is 11.1 Å². The summed E-state index contributed by atoms with van der Waals surface area (Å²) >= 11 is 5.71. The first-order valence-corrected chi connectivity index (χ1v) is 9.84. The maximum Gasteiger partial charge on any atom is 0.260 e. The molecule has 1 fully saturated rings. The summed E-state index contributed by atoms with van der Waals surface area (Å²) in [5.41, 5.74) is 1.24. The van der Waals surface area contributed by atoms with Gasteiger partial charge in [-0.3, -0.25) is 14.7 Å². The van der Waals surface area contributed by atoms with E-state index in [-0.39, 0.29) is 11.7 Å². The molecule has 1 amide bonds. The Hall–Kier alpha value is -2.60. The second kappa shape index (κ2) is 7.43. The third kappa shape index (κ3) is 3.22. The smallest absolute Gasteiger partial charge is 0.260 e. The number of methoxy groups -OCH3 is 1. The number of halogens is 1. The lowest BCUT2D eigenvalue weighted by atomic mass is 9.88. The summed E-state index contributed by atoms with van der Waals surface area (Å²) in [7, 11) is 1.59. The third-order valence-corrected chi connectivity index (χ3v) is 5.83. The molecule has 2 aromatic carbocycles. The van der Waals surface area contributed by atoms with Crippen LogP contribution in [0.25, 0.3) is 0 Å². The monoisotopic (exact) mass is 396 g/mol. The highest BCUT2D eigenvalue weighted by atomic mass is 32.1. The number of thiocarbonyl (C=S) groups is 1. The Bertz CT molecular complexity index is 932. The standard InChI is InChI=1S/C22H21FN2O2S/c1-27-18-11-7-16(8-12-18)20(26)25-21(28)19(15-5-9-17(23)10-6-15)24-22(25)13-3-2-4-14-22/h5-12H,2-4,13-14H2,1H3. The highest BCUT2D eigenvalue weighted by molar-refractivity contribution is 7.82. The lowest BCUT2D eigenvalue weighted by molar-refractivity contribution is 0.0648. The van der Waals surface area contributed by atoms with E-state index < -0.39 is 5.66 Å². The molecule has 1 spiro atoms. The van der Waals surface area contributed by atoms with Crippen LogP contribution in [0.2, 0.25) is 0 Å². The number of aliphatic imine (C=N–C) groups is 1. The molecule has 144 valence electrons. The Morgan fingerprint density at radius 3 is 2.32 bits per heavy atom. The Balaban J connectivity index is 1.73. The molecule has 0 bridgehead atoms. The molecule has 1 aliphatic heterocycles. The first-order valence-electron chi connectivity index (χ1n) is 9.43. The van der Waals surface area contributed by atoms with Crippen LogP contribution < -0.4 is 4.74 Å². The molecule has 0 unspecified atom stereocenters. The zero-order valence-corrected chi connectivity index (χ0v) is 16.5. The fourth-order valence-corrected chi connectivity index (χ4v) is 4.41. The fourth-order valence-electron chi connectivity index (χ4n) is 3.99. The van der Waals surface area contributed by atoms with E-state index in [9.17, 15) is 9.18 Å². The topological polar surface area (TPSA) is 41.9 Å². The molecule has 6 heteroatoms. The molecule has 28 heavy (non-hydrogen) atoms. The van der Waals surface area contributed by atoms with Crippen LogP contribution in [-0.4, -0.2) is 34.3 Å². The average Bonchev–Trinajstić information content (AvgIpc) is 3.00. The van der Waals surface area contributed by atoms with E-state index in [1.54, 1.807) is 48.4 Å². The van der Waals surface area contributed by atoms with Crippen molar-refractivity contribution in [1.29, 1.82) is 0 Å². The molecule has 0 N–H and O–H groups in total. The van der Waals surface area contributed by atoms with Crippen molar-refractivity contribution >= 4 is 28.8 Å². The van der Waals surface area contributed by atoms with Crippen LogP contribution in [0, 0.1) is 5.82 Å². The molecule has 2 aromatic rings. The number of hydrogen-bond donors (Lipinski definition) is 0. The van der Waals surface area contributed by atoms with E-state index in [2.05, 4.69) is 0 Å². The zero-order chi connectivity index (χ0) is 19.7. The molecule has 0 atom stereocenters. The van der Waals surface area contributed by atoms with Crippen LogP contribution in [0.4, 0.5) is 4.39 Å². The molecular formula is C22H21FN2O2S. The van der Waals surface area contributed by atoms with Gasteiger partial charge >= 0.3 is 0 Å². The zero-order valence-electron chi connectivity index (χ0n) is 15.7. The molecule has 1 aliphatic carbocycles. The van der Waals surface area contributed by atoms with Crippen LogP contribution in [0.3, 0.4) is 0 Å². The lowest BCUT2D eigenvalue weighted by Crippen LogP contribution is -2.50. The van der Waals surface area contributed by atoms with Gasteiger partial charge in [-0.15, -0.1) is 0 Å². The maximum absolute atomic E-state index is 13.4. The molecule has 0 saturated heterocycles. The normalized spacial score (nSPS) is 18.3. The number of carbonyl (C=O) groups is 1. The van der Waals surface area contributed by atoms with Crippen LogP contribution in [0.1, 0.15) is 48.0 Å². The SMILES string of the molecule is COc1ccc(C(=O)N2C(=S)C(c3ccc(F)cc3)=NC23CCCCC3)cc1. The van der Waals surface area contributed by atoms with Gasteiger partial charge in [0.2, 0.25) is 0 Å². The van der Waals surface area contributed by atoms with Crippen molar-refractivity contribution in [3.63, 3.8) is 0 Å². The first kappa shape index (κ1) is 18.7. The molecular weight excluding hydrogens is 375 g/mol. The van der Waals surface area contributed by atoms with E-state index in [0.717, 1.165) is 37.7 Å². The second-order valence-electron chi connectivity index (χ2n) is 7.18. The van der Waals surface area contributed by atoms with Gasteiger partial charge in [-0.2, -0.15) is 0 Å². The van der Waals surface area contributed by atoms with Gasteiger partial charge in [0.25, 0.3) is 5.91 Å². The second-order valence-corrected chi connectivity index (χ2v) is 7.57. The van der Waals surface area contributed by atoms with Gasteiger partial charge < -0.3 is 4.74 Å². The number of ether oxygens (including phenoxy) is 1. The Kier molecular flexibility index (Phi) is 4.98. The van der Waals surface area contributed by atoms with Crippen molar-refractivity contribution < 1.29 is 13.9 Å². The predicted molar refractivity (Wildman–Crippen MR) is 111 cm³/mol. The summed E-state index contributed by atoms with van der Waals surface area (Å²) in [5.74, 6) is 0.221. The minimum absolute atomic E-state index is 0.157. The molecule has 0 radical (unpaired) electrons. The highest BCUT2D eigenvalue weighted by Gasteiger charge is 2.48. The average molecular weight is 396 g/mol. The van der Waals surface area contributed by atoms with Gasteiger partial charge in [0.15, 0.2) is 0 Å². The minimum atomic E-state index is -0.643. The quantitative estimate of drug-likeness (QED) is 0.702. The van der Waals surface area contributed by atoms with E-state index in [4.69, 9.17) is 21.9 Å². The molecule has 1 saturated carbocycles. The lowest BCUT2D eigenvalue weighted by Gasteiger charge is -2.38. The maximum atomic E-state index is 13.4. The van der Waals surface area contributed by atoms with Gasteiger partial charge in [-0.25, -0.2) is 4.39 Å². The molecule has 4 rings (SSSR count). The summed E-state index contributed by atoms with van der Waals surface area (Å²) in [4.78, 5) is 20.5. The van der Waals surface area contributed by atoms with Crippen LogP contribution in [0.15, 0.2) is 53.5 Å². The van der Waals surface area contributed by atoms with Crippen molar-refractivity contribution in [3.8, 4) is 5.75 Å². The van der Waals surface area contributed by atoms with Crippen LogP contribution >= 0.6 is 12.2 Å². The molecule has 1 heterocycles. The Morgan fingerprint density at radius 1 is 1.07 bits per heavy atom. The summed E-state index contributed by atoms with van der Waals surface area (Å²) < 4.78 is 18.5. The van der Waals surface area contributed by atoms with Gasteiger partial charge in [0.05, 0.1) is 7.11 Å². The minimum Gasteiger partial charge on any atom is -0.497 e. The molecule has 2 aliphatic rings. The predicted octanol–water partition coefficient (Wildman–Crippen LogP) is 4.77.